The van der Waals surface area contributed by atoms with Crippen LogP contribution in [-0.2, 0) is 0 Å². The van der Waals surface area contributed by atoms with Gasteiger partial charge in [0.25, 0.3) is 0 Å². The molecule has 1 fully saturated rings. The number of rotatable bonds is 5. The summed E-state index contributed by atoms with van der Waals surface area (Å²) in [7, 11) is 0. The maximum absolute atomic E-state index is 14.2. The molecule has 0 radical (unpaired) electrons. The van der Waals surface area contributed by atoms with E-state index in [0.717, 1.165) is 68.6 Å². The molecule has 1 aliphatic carbocycles. The van der Waals surface area contributed by atoms with Gasteiger partial charge in [-0.15, -0.1) is 0 Å². The summed E-state index contributed by atoms with van der Waals surface area (Å²) in [4.78, 5) is 17.0. The number of ether oxygens (including phenoxy) is 1. The van der Waals surface area contributed by atoms with E-state index < -0.39 is 0 Å². The Kier molecular flexibility index (Phi) is 5.80. The Hall–Kier alpha value is -4.59. The van der Waals surface area contributed by atoms with E-state index in [9.17, 15) is 4.39 Å². The summed E-state index contributed by atoms with van der Waals surface area (Å²) in [6.07, 6.45) is 13.3. The topological polar surface area (TPSA) is 92.4 Å². The third-order valence-corrected chi connectivity index (χ3v) is 7.47. The van der Waals surface area contributed by atoms with Crippen LogP contribution < -0.4 is 4.74 Å². The molecule has 2 N–H and O–H groups in total. The van der Waals surface area contributed by atoms with Crippen molar-refractivity contribution in [3.8, 4) is 39.4 Å². The minimum atomic E-state index is -0.258. The van der Waals surface area contributed by atoms with E-state index in [1.807, 2.05) is 43.6 Å². The molecular weight excluding hydrogens is 491 g/mol. The molecule has 39 heavy (non-hydrogen) atoms. The van der Waals surface area contributed by atoms with Gasteiger partial charge in [0.15, 0.2) is 5.65 Å². The SMILES string of the molecule is Cc1cc(F)cc(-c2ccnc3[nH]c(-c4[nH]nc5ncc(-c6cncc(OC7CCCCC7)c6)cc45)cc23)c1. The first kappa shape index (κ1) is 23.5. The van der Waals surface area contributed by atoms with E-state index in [0.29, 0.717) is 11.3 Å². The largest absolute Gasteiger partial charge is 0.489 e. The van der Waals surface area contributed by atoms with Gasteiger partial charge < -0.3 is 9.72 Å². The van der Waals surface area contributed by atoms with Gasteiger partial charge in [0.2, 0.25) is 0 Å². The maximum atomic E-state index is 14.2. The Morgan fingerprint density at radius 1 is 0.872 bits per heavy atom. The molecule has 0 amide bonds. The van der Waals surface area contributed by atoms with Gasteiger partial charge in [-0.3, -0.25) is 10.1 Å². The Balaban J connectivity index is 1.26. The number of fused-ring (bicyclic) bond motifs is 2. The molecule has 7 rings (SSSR count). The highest BCUT2D eigenvalue weighted by Gasteiger charge is 2.17. The number of aryl methyl sites for hydroxylation is 1. The summed E-state index contributed by atoms with van der Waals surface area (Å²) < 4.78 is 20.4. The van der Waals surface area contributed by atoms with Gasteiger partial charge in [0.1, 0.15) is 17.2 Å². The standard InChI is InChI=1S/C31H27FN6O/c1-18-9-19(11-22(32)10-18)25-7-8-34-30-26(25)14-28(36-30)29-27-13-21(16-35-31(27)38-37-29)20-12-24(17-33-15-20)39-23-5-3-2-4-6-23/h7-17,23H,2-6H2,1H3,(H,34,36)(H,35,37,38). The van der Waals surface area contributed by atoms with E-state index in [1.54, 1.807) is 18.5 Å². The van der Waals surface area contributed by atoms with Gasteiger partial charge in [-0.25, -0.2) is 14.4 Å². The molecule has 5 aromatic heterocycles. The fraction of sp³-hybridized carbons (Fsp3) is 0.226. The lowest BCUT2D eigenvalue weighted by molar-refractivity contribution is 0.154. The van der Waals surface area contributed by atoms with E-state index in [2.05, 4.69) is 36.2 Å². The summed E-state index contributed by atoms with van der Waals surface area (Å²) in [6, 6.07) is 13.1. The Bertz CT molecular complexity index is 1800. The van der Waals surface area contributed by atoms with Crippen molar-refractivity contribution in [2.24, 2.45) is 0 Å². The number of hydrogen-bond donors (Lipinski definition) is 2. The lowest BCUT2D eigenvalue weighted by Gasteiger charge is -2.23. The van der Waals surface area contributed by atoms with Crippen molar-refractivity contribution in [1.29, 1.82) is 0 Å². The van der Waals surface area contributed by atoms with Crippen molar-refractivity contribution in [2.45, 2.75) is 45.1 Å². The van der Waals surface area contributed by atoms with Gasteiger partial charge in [-0.2, -0.15) is 5.10 Å². The quantitative estimate of drug-likeness (QED) is 0.248. The normalized spacial score (nSPS) is 14.3. The Morgan fingerprint density at radius 3 is 2.62 bits per heavy atom. The predicted molar refractivity (Wildman–Crippen MR) is 150 cm³/mol. The lowest BCUT2D eigenvalue weighted by Crippen LogP contribution is -2.19. The summed E-state index contributed by atoms with van der Waals surface area (Å²) in [5.74, 6) is 0.528. The summed E-state index contributed by atoms with van der Waals surface area (Å²) in [5.41, 5.74) is 7.42. The first-order valence-corrected chi connectivity index (χ1v) is 13.3. The van der Waals surface area contributed by atoms with Crippen molar-refractivity contribution < 1.29 is 9.13 Å². The van der Waals surface area contributed by atoms with Crippen molar-refractivity contribution in [1.82, 2.24) is 30.1 Å². The number of nitrogens with zero attached hydrogens (tertiary/aromatic N) is 4. The average Bonchev–Trinajstić information content (AvgIpc) is 3.57. The second-order valence-electron chi connectivity index (χ2n) is 10.3. The van der Waals surface area contributed by atoms with Crippen LogP contribution in [0.4, 0.5) is 4.39 Å². The molecule has 0 saturated heterocycles. The van der Waals surface area contributed by atoms with Crippen LogP contribution in [-0.4, -0.2) is 36.2 Å². The molecule has 5 heterocycles. The van der Waals surface area contributed by atoms with Crippen molar-refractivity contribution in [3.63, 3.8) is 0 Å². The zero-order chi connectivity index (χ0) is 26.3. The molecular formula is C31H27FN6O. The van der Waals surface area contributed by atoms with Crippen molar-refractivity contribution in [3.05, 3.63) is 78.6 Å². The van der Waals surface area contributed by atoms with Crippen LogP contribution in [0.15, 0.2) is 67.3 Å². The molecule has 0 spiro atoms. The fourth-order valence-corrected chi connectivity index (χ4v) is 5.58. The van der Waals surface area contributed by atoms with Crippen LogP contribution in [0.25, 0.3) is 55.7 Å². The predicted octanol–water partition coefficient (Wildman–Crippen LogP) is 7.39. The number of H-pyrrole nitrogens is 2. The molecule has 0 unspecified atom stereocenters. The van der Waals surface area contributed by atoms with Crippen LogP contribution in [0, 0.1) is 12.7 Å². The van der Waals surface area contributed by atoms with Crippen LogP contribution in [0.1, 0.15) is 37.7 Å². The van der Waals surface area contributed by atoms with Gasteiger partial charge in [-0.05, 0) is 85.7 Å². The van der Waals surface area contributed by atoms with Crippen LogP contribution >= 0.6 is 0 Å². The number of aromatic nitrogens is 6. The number of aromatic amines is 2. The third-order valence-electron chi connectivity index (χ3n) is 7.47. The van der Waals surface area contributed by atoms with E-state index >= 15 is 0 Å². The first-order chi connectivity index (χ1) is 19.1. The number of hydrogen-bond acceptors (Lipinski definition) is 5. The molecule has 6 aromatic rings. The zero-order valence-corrected chi connectivity index (χ0v) is 21.5. The average molecular weight is 519 g/mol. The number of halogens is 1. The highest BCUT2D eigenvalue weighted by molar-refractivity contribution is 5.99. The third kappa shape index (κ3) is 4.52. The van der Waals surface area contributed by atoms with Crippen LogP contribution in [0.2, 0.25) is 0 Å². The van der Waals surface area contributed by atoms with Gasteiger partial charge in [0, 0.05) is 40.5 Å². The first-order valence-electron chi connectivity index (χ1n) is 13.3. The molecule has 7 nitrogen and oxygen atoms in total. The second-order valence-corrected chi connectivity index (χ2v) is 10.3. The molecule has 0 bridgehead atoms. The number of benzene rings is 1. The second kappa shape index (κ2) is 9.62. The molecule has 1 saturated carbocycles. The van der Waals surface area contributed by atoms with Crippen LogP contribution in [0.5, 0.6) is 5.75 Å². The number of pyridine rings is 3. The van der Waals surface area contributed by atoms with Crippen molar-refractivity contribution >= 4 is 22.1 Å². The molecule has 0 aliphatic heterocycles. The van der Waals surface area contributed by atoms with E-state index in [1.165, 1.54) is 25.3 Å². The summed E-state index contributed by atoms with van der Waals surface area (Å²) in [5, 5.41) is 9.35. The monoisotopic (exact) mass is 518 g/mol. The molecule has 194 valence electrons. The lowest BCUT2D eigenvalue weighted by atomic mass is 9.98. The summed E-state index contributed by atoms with van der Waals surface area (Å²) in [6.45, 7) is 1.89. The molecule has 1 aliphatic rings. The number of nitrogens with one attached hydrogen (secondary N) is 2. The molecule has 8 heteroatoms. The minimum absolute atomic E-state index is 0.258. The fourth-order valence-electron chi connectivity index (χ4n) is 5.58. The minimum Gasteiger partial charge on any atom is -0.489 e. The molecule has 0 atom stereocenters. The highest BCUT2D eigenvalue weighted by atomic mass is 19.1. The smallest absolute Gasteiger partial charge is 0.181 e. The Morgan fingerprint density at radius 2 is 1.74 bits per heavy atom. The molecule has 1 aromatic carbocycles. The van der Waals surface area contributed by atoms with Gasteiger partial charge in [0.05, 0.1) is 23.7 Å². The maximum Gasteiger partial charge on any atom is 0.181 e. The van der Waals surface area contributed by atoms with E-state index in [4.69, 9.17) is 4.74 Å². The zero-order valence-electron chi connectivity index (χ0n) is 21.5. The summed E-state index contributed by atoms with van der Waals surface area (Å²) >= 11 is 0. The Labute approximate surface area is 224 Å². The van der Waals surface area contributed by atoms with E-state index in [-0.39, 0.29) is 11.9 Å². The van der Waals surface area contributed by atoms with Crippen molar-refractivity contribution in [2.75, 3.05) is 0 Å². The highest BCUT2D eigenvalue weighted by Crippen LogP contribution is 2.35. The van der Waals surface area contributed by atoms with Gasteiger partial charge in [-0.1, -0.05) is 12.5 Å². The van der Waals surface area contributed by atoms with Crippen LogP contribution in [0.3, 0.4) is 0 Å². The van der Waals surface area contributed by atoms with Gasteiger partial charge >= 0.3 is 0 Å².